The van der Waals surface area contributed by atoms with Crippen LogP contribution in [-0.4, -0.2) is 38.3 Å². The Bertz CT molecular complexity index is 573. The molecule has 118 valence electrons. The van der Waals surface area contributed by atoms with Crippen molar-refractivity contribution < 1.29 is 13.2 Å². The zero-order valence-electron chi connectivity index (χ0n) is 12.5. The molecule has 21 heavy (non-hydrogen) atoms. The molecule has 0 radical (unpaired) electrons. The molecule has 0 aliphatic rings. The van der Waals surface area contributed by atoms with E-state index < -0.39 is 10.0 Å². The van der Waals surface area contributed by atoms with Gasteiger partial charge in [-0.05, 0) is 25.0 Å². The number of nitrogens with one attached hydrogen (secondary N) is 1. The lowest BCUT2D eigenvalue weighted by Gasteiger charge is -2.22. The zero-order valence-corrected chi connectivity index (χ0v) is 13.3. The van der Waals surface area contributed by atoms with Crippen molar-refractivity contribution in [3.63, 3.8) is 0 Å². The van der Waals surface area contributed by atoms with Gasteiger partial charge in [0.25, 0.3) is 0 Å². The number of rotatable bonds is 8. The van der Waals surface area contributed by atoms with Crippen LogP contribution in [0.1, 0.15) is 26.7 Å². The smallest absolute Gasteiger partial charge is 0.245 e. The summed E-state index contributed by atoms with van der Waals surface area (Å²) in [6.45, 7) is 4.42. The van der Waals surface area contributed by atoms with Gasteiger partial charge in [0.1, 0.15) is 4.90 Å². The van der Waals surface area contributed by atoms with Crippen molar-refractivity contribution in [2.45, 2.75) is 31.6 Å². The molecule has 3 N–H and O–H groups in total. The predicted octanol–water partition coefficient (Wildman–Crippen LogP) is 1.20. The fourth-order valence-electron chi connectivity index (χ4n) is 1.87. The molecule has 1 rings (SSSR count). The minimum atomic E-state index is -3.77. The number of nitrogens with zero attached hydrogens (tertiary/aromatic N) is 1. The van der Waals surface area contributed by atoms with Crippen molar-refractivity contribution in [3.8, 4) is 0 Å². The van der Waals surface area contributed by atoms with E-state index in [1.54, 1.807) is 12.1 Å². The molecule has 0 saturated carbocycles. The van der Waals surface area contributed by atoms with Gasteiger partial charge in [-0.25, -0.2) is 8.42 Å². The zero-order chi connectivity index (χ0) is 15.9. The number of nitrogen functional groups attached to an aromatic ring is 1. The second kappa shape index (κ2) is 7.99. The highest BCUT2D eigenvalue weighted by molar-refractivity contribution is 7.89. The maximum atomic E-state index is 12.6. The fourth-order valence-corrected chi connectivity index (χ4v) is 3.47. The number of hydrogen-bond acceptors (Lipinski definition) is 4. The molecule has 1 aromatic rings. The molecule has 0 aliphatic heterocycles. The van der Waals surface area contributed by atoms with Crippen molar-refractivity contribution >= 4 is 21.6 Å². The molecule has 0 aromatic heterocycles. The van der Waals surface area contributed by atoms with E-state index in [1.807, 2.05) is 13.8 Å². The maximum Gasteiger partial charge on any atom is 0.245 e. The summed E-state index contributed by atoms with van der Waals surface area (Å²) in [7, 11) is -3.77. The number of hydrogen-bond donors (Lipinski definition) is 2. The number of nitrogens with two attached hydrogens (primary N) is 1. The Kier molecular flexibility index (Phi) is 6.64. The Morgan fingerprint density at radius 2 is 1.90 bits per heavy atom. The lowest BCUT2D eigenvalue weighted by atomic mass is 10.3. The number of benzene rings is 1. The second-order valence-corrected chi connectivity index (χ2v) is 6.63. The maximum absolute atomic E-state index is 12.6. The van der Waals surface area contributed by atoms with E-state index in [0.717, 1.165) is 6.42 Å². The van der Waals surface area contributed by atoms with Crippen LogP contribution in [0, 0.1) is 0 Å². The molecular weight excluding hydrogens is 290 g/mol. The van der Waals surface area contributed by atoms with Gasteiger partial charge in [0, 0.05) is 13.1 Å². The molecule has 0 fully saturated rings. The summed E-state index contributed by atoms with van der Waals surface area (Å²) in [5.74, 6) is -0.302. The first-order valence-corrected chi connectivity index (χ1v) is 8.48. The standard InChI is InChI=1S/C14H23N3O3S/c1-3-9-16-14(18)11-17(10-4-2)21(19,20)13-8-6-5-7-12(13)15/h5-8H,3-4,9-11,15H2,1-2H3,(H,16,18). The molecule has 7 heteroatoms. The van der Waals surface area contributed by atoms with Crippen molar-refractivity contribution in [2.75, 3.05) is 25.4 Å². The third-order valence-electron chi connectivity index (χ3n) is 2.90. The van der Waals surface area contributed by atoms with Crippen LogP contribution in [0.2, 0.25) is 0 Å². The molecule has 0 aliphatic carbocycles. The van der Waals surface area contributed by atoms with E-state index in [9.17, 15) is 13.2 Å². The average Bonchev–Trinajstić information content (AvgIpc) is 2.45. The molecule has 0 unspecified atom stereocenters. The summed E-state index contributed by atoms with van der Waals surface area (Å²) in [6.07, 6.45) is 1.42. The van der Waals surface area contributed by atoms with E-state index in [-0.39, 0.29) is 29.6 Å². The number of amides is 1. The minimum absolute atomic E-state index is 0.0433. The number of anilines is 1. The lowest BCUT2D eigenvalue weighted by molar-refractivity contribution is -0.121. The van der Waals surface area contributed by atoms with Crippen LogP contribution >= 0.6 is 0 Å². The number of para-hydroxylation sites is 1. The van der Waals surface area contributed by atoms with Gasteiger partial charge >= 0.3 is 0 Å². The van der Waals surface area contributed by atoms with Crippen LogP contribution in [-0.2, 0) is 14.8 Å². The van der Waals surface area contributed by atoms with Crippen molar-refractivity contribution in [2.24, 2.45) is 0 Å². The molecule has 6 nitrogen and oxygen atoms in total. The Morgan fingerprint density at radius 1 is 1.24 bits per heavy atom. The van der Waals surface area contributed by atoms with Crippen molar-refractivity contribution in [1.82, 2.24) is 9.62 Å². The first-order valence-electron chi connectivity index (χ1n) is 7.04. The molecule has 0 atom stereocenters. The summed E-state index contributed by atoms with van der Waals surface area (Å²) in [5, 5.41) is 2.68. The molecular formula is C14H23N3O3S. The van der Waals surface area contributed by atoms with E-state index in [0.29, 0.717) is 13.0 Å². The normalized spacial score (nSPS) is 11.6. The summed E-state index contributed by atoms with van der Waals surface area (Å²) in [6, 6.07) is 6.28. The van der Waals surface area contributed by atoms with E-state index >= 15 is 0 Å². The van der Waals surface area contributed by atoms with Gasteiger partial charge in [-0.3, -0.25) is 4.79 Å². The van der Waals surface area contributed by atoms with Crippen LogP contribution in [0.4, 0.5) is 5.69 Å². The Morgan fingerprint density at radius 3 is 2.48 bits per heavy atom. The third kappa shape index (κ3) is 4.71. The number of sulfonamides is 1. The lowest BCUT2D eigenvalue weighted by Crippen LogP contribution is -2.41. The summed E-state index contributed by atoms with van der Waals surface area (Å²) in [4.78, 5) is 11.8. The van der Waals surface area contributed by atoms with Gasteiger partial charge in [0.15, 0.2) is 0 Å². The highest BCUT2D eigenvalue weighted by Gasteiger charge is 2.27. The van der Waals surface area contributed by atoms with Crippen LogP contribution in [0.3, 0.4) is 0 Å². The summed E-state index contributed by atoms with van der Waals surface area (Å²) >= 11 is 0. The summed E-state index contributed by atoms with van der Waals surface area (Å²) in [5.41, 5.74) is 5.93. The number of carbonyl (C=O) groups excluding carboxylic acids is 1. The van der Waals surface area contributed by atoms with Crippen molar-refractivity contribution in [3.05, 3.63) is 24.3 Å². The van der Waals surface area contributed by atoms with E-state index in [4.69, 9.17) is 5.73 Å². The number of carbonyl (C=O) groups is 1. The van der Waals surface area contributed by atoms with Gasteiger partial charge in [0.2, 0.25) is 15.9 Å². The van der Waals surface area contributed by atoms with Crippen LogP contribution < -0.4 is 11.1 Å². The molecule has 1 amide bonds. The van der Waals surface area contributed by atoms with Gasteiger partial charge in [0.05, 0.1) is 12.2 Å². The van der Waals surface area contributed by atoms with Crippen LogP contribution in [0.15, 0.2) is 29.2 Å². The molecule has 0 spiro atoms. The average molecular weight is 313 g/mol. The third-order valence-corrected chi connectivity index (χ3v) is 4.82. The van der Waals surface area contributed by atoms with Crippen LogP contribution in [0.25, 0.3) is 0 Å². The van der Waals surface area contributed by atoms with E-state index in [1.165, 1.54) is 16.4 Å². The first-order chi connectivity index (χ1) is 9.93. The SMILES string of the molecule is CCCNC(=O)CN(CCC)S(=O)(=O)c1ccccc1N. The Hall–Kier alpha value is -1.60. The monoisotopic (exact) mass is 313 g/mol. The first kappa shape index (κ1) is 17.5. The van der Waals surface area contributed by atoms with Gasteiger partial charge < -0.3 is 11.1 Å². The highest BCUT2D eigenvalue weighted by Crippen LogP contribution is 2.21. The molecule has 0 saturated heterocycles. The molecule has 1 aromatic carbocycles. The van der Waals surface area contributed by atoms with Gasteiger partial charge in [-0.15, -0.1) is 0 Å². The van der Waals surface area contributed by atoms with Crippen molar-refractivity contribution in [1.29, 1.82) is 0 Å². The Labute approximate surface area is 126 Å². The largest absolute Gasteiger partial charge is 0.398 e. The fraction of sp³-hybridized carbons (Fsp3) is 0.500. The topological polar surface area (TPSA) is 92.5 Å². The minimum Gasteiger partial charge on any atom is -0.398 e. The quantitative estimate of drug-likeness (QED) is 0.705. The molecule has 0 heterocycles. The highest BCUT2D eigenvalue weighted by atomic mass is 32.2. The summed E-state index contributed by atoms with van der Waals surface area (Å²) < 4.78 is 26.4. The van der Waals surface area contributed by atoms with Gasteiger partial charge in [-0.1, -0.05) is 26.0 Å². The Balaban J connectivity index is 2.98. The van der Waals surface area contributed by atoms with E-state index in [2.05, 4.69) is 5.32 Å². The van der Waals surface area contributed by atoms with Gasteiger partial charge in [-0.2, -0.15) is 4.31 Å². The van der Waals surface area contributed by atoms with Crippen LogP contribution in [0.5, 0.6) is 0 Å². The predicted molar refractivity (Wildman–Crippen MR) is 83.2 cm³/mol. The molecule has 0 bridgehead atoms. The second-order valence-electron chi connectivity index (χ2n) is 4.73.